The molecule has 26 heavy (non-hydrogen) atoms. The molecule has 3 aromatic rings. The molecular formula is C18H19F2N5O. The van der Waals surface area contributed by atoms with E-state index in [-0.39, 0.29) is 11.6 Å². The molecule has 0 saturated carbocycles. The van der Waals surface area contributed by atoms with E-state index in [0.29, 0.717) is 36.1 Å². The van der Waals surface area contributed by atoms with Crippen LogP contribution < -0.4 is 10.9 Å². The first-order valence-corrected chi connectivity index (χ1v) is 8.63. The molecule has 136 valence electrons. The Labute approximate surface area is 148 Å². The topological polar surface area (TPSA) is 64.7 Å². The molecule has 1 aliphatic rings. The molecule has 8 heteroatoms. The maximum Gasteiger partial charge on any atom is 0.264 e. The molecule has 1 unspecified atom stereocenters. The Hall–Kier alpha value is -2.61. The number of aryl methyl sites for hydroxylation is 2. The van der Waals surface area contributed by atoms with Gasteiger partial charge in [0.25, 0.3) is 5.56 Å². The maximum absolute atomic E-state index is 14.2. The van der Waals surface area contributed by atoms with Crippen LogP contribution in [0.25, 0.3) is 11.0 Å². The van der Waals surface area contributed by atoms with Gasteiger partial charge in [0, 0.05) is 37.8 Å². The molecule has 0 bridgehead atoms. The van der Waals surface area contributed by atoms with Gasteiger partial charge in [-0.3, -0.25) is 14.0 Å². The lowest BCUT2D eigenvalue weighted by Gasteiger charge is -2.27. The number of rotatable bonds is 4. The standard InChI is InChI=1S/C18H19F2N5O/c1-24-17-13(9-23-24)18(26)25(10-22-17)6-5-21-15-4-2-3-11-7-12(19)8-14(20)16(11)15/h7-10,15,21H,2-6H2,1H3. The third kappa shape index (κ3) is 2.90. The summed E-state index contributed by atoms with van der Waals surface area (Å²) in [4.78, 5) is 16.7. The van der Waals surface area contributed by atoms with Gasteiger partial charge in [-0.15, -0.1) is 0 Å². The fraction of sp³-hybridized carbons (Fsp3) is 0.389. The lowest BCUT2D eigenvalue weighted by molar-refractivity contribution is 0.421. The summed E-state index contributed by atoms with van der Waals surface area (Å²) >= 11 is 0. The van der Waals surface area contributed by atoms with Crippen molar-refractivity contribution in [2.45, 2.75) is 31.8 Å². The summed E-state index contributed by atoms with van der Waals surface area (Å²) in [7, 11) is 1.73. The van der Waals surface area contributed by atoms with Gasteiger partial charge in [-0.2, -0.15) is 5.10 Å². The lowest BCUT2D eigenvalue weighted by atomic mass is 9.87. The van der Waals surface area contributed by atoms with Gasteiger partial charge in [0.2, 0.25) is 0 Å². The number of nitrogens with one attached hydrogen (secondary N) is 1. The van der Waals surface area contributed by atoms with Crippen molar-refractivity contribution in [1.29, 1.82) is 0 Å². The maximum atomic E-state index is 14.2. The third-order valence-corrected chi connectivity index (χ3v) is 4.93. The van der Waals surface area contributed by atoms with Crippen molar-refractivity contribution in [3.05, 3.63) is 57.8 Å². The summed E-state index contributed by atoms with van der Waals surface area (Å²) in [6.45, 7) is 0.888. The van der Waals surface area contributed by atoms with Crippen LogP contribution in [0.4, 0.5) is 8.78 Å². The minimum Gasteiger partial charge on any atom is -0.308 e. The highest BCUT2D eigenvalue weighted by molar-refractivity contribution is 5.72. The fourth-order valence-corrected chi connectivity index (χ4v) is 3.67. The number of hydrogen-bond acceptors (Lipinski definition) is 4. The Morgan fingerprint density at radius 2 is 2.19 bits per heavy atom. The predicted octanol–water partition coefficient (Wildman–Crippen LogP) is 2.08. The van der Waals surface area contributed by atoms with Gasteiger partial charge < -0.3 is 5.32 Å². The fourth-order valence-electron chi connectivity index (χ4n) is 3.67. The summed E-state index contributed by atoms with van der Waals surface area (Å²) in [5, 5.41) is 7.81. The molecule has 1 aliphatic carbocycles. The molecule has 4 rings (SSSR count). The predicted molar refractivity (Wildman–Crippen MR) is 92.8 cm³/mol. The van der Waals surface area contributed by atoms with Crippen molar-refractivity contribution in [2.75, 3.05) is 6.54 Å². The van der Waals surface area contributed by atoms with Crippen LogP contribution in [-0.2, 0) is 20.0 Å². The number of benzene rings is 1. The van der Waals surface area contributed by atoms with E-state index in [9.17, 15) is 13.6 Å². The average Bonchev–Trinajstić information content (AvgIpc) is 2.98. The van der Waals surface area contributed by atoms with Crippen molar-refractivity contribution < 1.29 is 8.78 Å². The first kappa shape index (κ1) is 16.8. The van der Waals surface area contributed by atoms with Crippen LogP contribution >= 0.6 is 0 Å². The van der Waals surface area contributed by atoms with Crippen LogP contribution in [0.2, 0.25) is 0 Å². The van der Waals surface area contributed by atoms with Gasteiger partial charge in [0.1, 0.15) is 23.3 Å². The van der Waals surface area contributed by atoms with Gasteiger partial charge in [0.05, 0.1) is 6.20 Å². The van der Waals surface area contributed by atoms with Crippen molar-refractivity contribution in [3.8, 4) is 0 Å². The van der Waals surface area contributed by atoms with Crippen molar-refractivity contribution in [2.24, 2.45) is 7.05 Å². The van der Waals surface area contributed by atoms with Crippen LogP contribution in [0, 0.1) is 11.6 Å². The van der Waals surface area contributed by atoms with Gasteiger partial charge in [0.15, 0.2) is 5.65 Å². The zero-order valence-corrected chi connectivity index (χ0v) is 14.4. The molecule has 0 spiro atoms. The summed E-state index contributed by atoms with van der Waals surface area (Å²) in [5.74, 6) is -1.04. The van der Waals surface area contributed by atoms with Crippen LogP contribution in [0.5, 0.6) is 0 Å². The molecule has 1 aromatic carbocycles. The molecule has 0 amide bonds. The molecular weight excluding hydrogens is 340 g/mol. The van der Waals surface area contributed by atoms with E-state index in [1.807, 2.05) is 0 Å². The van der Waals surface area contributed by atoms with Crippen molar-refractivity contribution >= 4 is 11.0 Å². The largest absolute Gasteiger partial charge is 0.308 e. The second kappa shape index (κ2) is 6.60. The van der Waals surface area contributed by atoms with E-state index in [4.69, 9.17) is 0 Å². The highest BCUT2D eigenvalue weighted by Gasteiger charge is 2.24. The zero-order chi connectivity index (χ0) is 18.3. The van der Waals surface area contributed by atoms with Gasteiger partial charge in [-0.05, 0) is 30.9 Å². The smallest absolute Gasteiger partial charge is 0.264 e. The molecule has 0 fully saturated rings. The lowest BCUT2D eigenvalue weighted by Crippen LogP contribution is -2.32. The summed E-state index contributed by atoms with van der Waals surface area (Å²) in [6.07, 6.45) is 5.35. The van der Waals surface area contributed by atoms with E-state index in [2.05, 4.69) is 15.4 Å². The number of hydrogen-bond donors (Lipinski definition) is 1. The summed E-state index contributed by atoms with van der Waals surface area (Å²) in [6, 6.07) is 2.17. The summed E-state index contributed by atoms with van der Waals surface area (Å²) < 4.78 is 30.7. The molecule has 6 nitrogen and oxygen atoms in total. The van der Waals surface area contributed by atoms with Crippen LogP contribution in [0.3, 0.4) is 0 Å². The Bertz CT molecular complexity index is 1030. The Morgan fingerprint density at radius 1 is 1.35 bits per heavy atom. The normalized spacial score (nSPS) is 16.8. The molecule has 0 saturated heterocycles. The van der Waals surface area contributed by atoms with Crippen molar-refractivity contribution in [1.82, 2.24) is 24.6 Å². The minimum absolute atomic E-state index is 0.151. The molecule has 1 atom stereocenters. The number of fused-ring (bicyclic) bond motifs is 2. The van der Waals surface area contributed by atoms with E-state index in [1.165, 1.54) is 23.2 Å². The molecule has 1 N–H and O–H groups in total. The Kier molecular flexibility index (Phi) is 4.28. The molecule has 2 heterocycles. The SMILES string of the molecule is Cn1ncc2c(=O)n(CCNC3CCCc4cc(F)cc(F)c43)cnc21. The second-order valence-corrected chi connectivity index (χ2v) is 6.61. The first-order chi connectivity index (χ1) is 12.5. The van der Waals surface area contributed by atoms with Crippen molar-refractivity contribution in [3.63, 3.8) is 0 Å². The monoisotopic (exact) mass is 359 g/mol. The Morgan fingerprint density at radius 3 is 3.04 bits per heavy atom. The number of aromatic nitrogens is 4. The third-order valence-electron chi connectivity index (χ3n) is 4.93. The summed E-state index contributed by atoms with van der Waals surface area (Å²) in [5.41, 5.74) is 1.67. The number of nitrogens with zero attached hydrogens (tertiary/aromatic N) is 4. The highest BCUT2D eigenvalue weighted by atomic mass is 19.1. The van der Waals surface area contributed by atoms with Gasteiger partial charge in [-0.1, -0.05) is 0 Å². The minimum atomic E-state index is -0.538. The van der Waals surface area contributed by atoms with E-state index >= 15 is 0 Å². The molecule has 0 radical (unpaired) electrons. The van der Waals surface area contributed by atoms with Gasteiger partial charge in [-0.25, -0.2) is 13.8 Å². The zero-order valence-electron chi connectivity index (χ0n) is 14.4. The second-order valence-electron chi connectivity index (χ2n) is 6.61. The first-order valence-electron chi connectivity index (χ1n) is 8.63. The van der Waals surface area contributed by atoms with E-state index in [0.717, 1.165) is 24.5 Å². The van der Waals surface area contributed by atoms with E-state index in [1.54, 1.807) is 11.7 Å². The quantitative estimate of drug-likeness (QED) is 0.775. The van der Waals surface area contributed by atoms with E-state index < -0.39 is 11.6 Å². The highest BCUT2D eigenvalue weighted by Crippen LogP contribution is 2.32. The average molecular weight is 359 g/mol. The number of halogens is 2. The van der Waals surface area contributed by atoms with Gasteiger partial charge >= 0.3 is 0 Å². The van der Waals surface area contributed by atoms with Crippen LogP contribution in [0.15, 0.2) is 29.5 Å². The van der Waals surface area contributed by atoms with Crippen LogP contribution in [0.1, 0.15) is 30.0 Å². The molecule has 0 aliphatic heterocycles. The Balaban J connectivity index is 1.50. The molecule has 2 aromatic heterocycles. The van der Waals surface area contributed by atoms with Crippen LogP contribution in [-0.4, -0.2) is 25.9 Å².